The van der Waals surface area contributed by atoms with Gasteiger partial charge in [-0.1, -0.05) is 9.70 Å². The van der Waals surface area contributed by atoms with Crippen molar-refractivity contribution in [3.05, 3.63) is 23.0 Å². The Morgan fingerprint density at radius 2 is 2.35 bits per heavy atom. The van der Waals surface area contributed by atoms with Gasteiger partial charge in [0.15, 0.2) is 0 Å². The first-order chi connectivity index (χ1) is 11.1. The van der Waals surface area contributed by atoms with Crippen molar-refractivity contribution in [2.75, 3.05) is 13.1 Å². The third-order valence-corrected chi connectivity index (χ3v) is 5.17. The van der Waals surface area contributed by atoms with Crippen LogP contribution in [0.1, 0.15) is 47.0 Å². The fourth-order valence-corrected chi connectivity index (χ4v) is 3.87. The van der Waals surface area contributed by atoms with Crippen molar-refractivity contribution in [1.29, 1.82) is 0 Å². The van der Waals surface area contributed by atoms with E-state index >= 15 is 0 Å². The van der Waals surface area contributed by atoms with Gasteiger partial charge >= 0.3 is 0 Å². The van der Waals surface area contributed by atoms with Gasteiger partial charge in [0, 0.05) is 18.7 Å². The molecule has 2 aromatic heterocycles. The molecule has 0 spiro atoms. The predicted octanol–water partition coefficient (Wildman–Crippen LogP) is 0.674. The summed E-state index contributed by atoms with van der Waals surface area (Å²) in [6.45, 7) is 1.29. The zero-order valence-electron chi connectivity index (χ0n) is 12.6. The van der Waals surface area contributed by atoms with Gasteiger partial charge in [0.2, 0.25) is 0 Å². The molecule has 9 heteroatoms. The van der Waals surface area contributed by atoms with Gasteiger partial charge in [-0.3, -0.25) is 4.79 Å². The SMILES string of the molecule is O=C(c1snnc1C1CC1)N1CCCC(O)(Cn2ccnn2)C1. The highest BCUT2D eigenvalue weighted by Crippen LogP contribution is 2.41. The highest BCUT2D eigenvalue weighted by molar-refractivity contribution is 7.08. The van der Waals surface area contributed by atoms with Crippen molar-refractivity contribution >= 4 is 17.4 Å². The van der Waals surface area contributed by atoms with Crippen LogP contribution >= 0.6 is 11.5 Å². The average molecular weight is 334 g/mol. The molecule has 1 N–H and O–H groups in total. The number of carbonyl (C=O) groups excluding carboxylic acids is 1. The molecule has 8 nitrogen and oxygen atoms in total. The standard InChI is InChI=1S/C14H18N6O2S/c21-13(12-11(10-2-3-10)16-18-23-12)19-6-1-4-14(22,8-19)9-20-7-5-15-17-20/h5,7,10,22H,1-4,6,8-9H2. The Balaban J connectivity index is 1.50. The number of hydrogen-bond acceptors (Lipinski definition) is 7. The summed E-state index contributed by atoms with van der Waals surface area (Å²) in [6.07, 6.45) is 6.88. The molecular formula is C14H18N6O2S. The van der Waals surface area contributed by atoms with E-state index in [-0.39, 0.29) is 5.91 Å². The number of nitrogens with zero attached hydrogens (tertiary/aromatic N) is 6. The molecule has 3 heterocycles. The lowest BCUT2D eigenvalue weighted by Crippen LogP contribution is -2.52. The number of β-amino-alcohol motifs (C(OH)–C–C–N with tert-alkyl or cyclic N) is 1. The van der Waals surface area contributed by atoms with Crippen molar-refractivity contribution in [3.63, 3.8) is 0 Å². The molecule has 122 valence electrons. The number of aromatic nitrogens is 5. The van der Waals surface area contributed by atoms with E-state index in [1.165, 1.54) is 0 Å². The molecule has 0 bridgehead atoms. The monoisotopic (exact) mass is 334 g/mol. The molecule has 2 aromatic rings. The number of amides is 1. The molecule has 1 unspecified atom stereocenters. The molecule has 1 atom stereocenters. The first-order valence-corrected chi connectivity index (χ1v) is 8.60. The van der Waals surface area contributed by atoms with E-state index in [1.54, 1.807) is 22.0 Å². The summed E-state index contributed by atoms with van der Waals surface area (Å²) in [5.41, 5.74) is -0.134. The second kappa shape index (κ2) is 5.64. The van der Waals surface area contributed by atoms with Gasteiger partial charge in [-0.05, 0) is 37.2 Å². The first kappa shape index (κ1) is 14.7. The molecule has 1 aliphatic carbocycles. The number of aliphatic hydroxyl groups is 1. The van der Waals surface area contributed by atoms with Crippen LogP contribution in [0, 0.1) is 0 Å². The van der Waals surface area contributed by atoms with Gasteiger partial charge in [-0.15, -0.1) is 10.2 Å². The van der Waals surface area contributed by atoms with Crippen LogP contribution in [-0.2, 0) is 6.54 Å². The van der Waals surface area contributed by atoms with Crippen LogP contribution in [-0.4, -0.2) is 59.2 Å². The number of carbonyl (C=O) groups is 1. The molecule has 1 aliphatic heterocycles. The van der Waals surface area contributed by atoms with Crippen molar-refractivity contribution in [2.24, 2.45) is 0 Å². The smallest absolute Gasteiger partial charge is 0.267 e. The normalized spacial score (nSPS) is 24.8. The minimum atomic E-state index is -0.973. The predicted molar refractivity (Wildman–Crippen MR) is 82.0 cm³/mol. The number of rotatable bonds is 4. The molecule has 0 radical (unpaired) electrons. The van der Waals surface area contributed by atoms with Gasteiger partial charge in [-0.2, -0.15) is 0 Å². The van der Waals surface area contributed by atoms with Crippen LogP contribution in [0.5, 0.6) is 0 Å². The van der Waals surface area contributed by atoms with E-state index in [0.29, 0.717) is 36.9 Å². The zero-order chi connectivity index (χ0) is 15.9. The van der Waals surface area contributed by atoms with Crippen LogP contribution in [0.2, 0.25) is 0 Å². The minimum absolute atomic E-state index is 0.0568. The number of likely N-dealkylation sites (tertiary alicyclic amines) is 1. The van der Waals surface area contributed by atoms with E-state index in [2.05, 4.69) is 19.9 Å². The van der Waals surface area contributed by atoms with E-state index < -0.39 is 5.60 Å². The van der Waals surface area contributed by atoms with Crippen LogP contribution in [0.25, 0.3) is 0 Å². The van der Waals surface area contributed by atoms with Crippen LogP contribution in [0.4, 0.5) is 0 Å². The summed E-state index contributed by atoms with van der Waals surface area (Å²) in [4.78, 5) is 15.2. The number of hydrogen-bond donors (Lipinski definition) is 1. The molecule has 4 rings (SSSR count). The van der Waals surface area contributed by atoms with Crippen LogP contribution < -0.4 is 0 Å². The van der Waals surface area contributed by atoms with Gasteiger partial charge < -0.3 is 10.0 Å². The molecule has 2 fully saturated rings. The maximum Gasteiger partial charge on any atom is 0.267 e. The van der Waals surface area contributed by atoms with Gasteiger partial charge in [0.05, 0.1) is 25.0 Å². The summed E-state index contributed by atoms with van der Waals surface area (Å²) in [6, 6.07) is 0. The largest absolute Gasteiger partial charge is 0.386 e. The summed E-state index contributed by atoms with van der Waals surface area (Å²) in [7, 11) is 0. The van der Waals surface area contributed by atoms with Crippen molar-refractivity contribution in [3.8, 4) is 0 Å². The van der Waals surface area contributed by atoms with E-state index in [4.69, 9.17) is 0 Å². The molecule has 1 amide bonds. The highest BCUT2D eigenvalue weighted by atomic mass is 32.1. The maximum absolute atomic E-state index is 12.8. The molecule has 1 saturated heterocycles. The summed E-state index contributed by atoms with van der Waals surface area (Å²) in [5, 5.41) is 22.6. The molecule has 2 aliphatic rings. The third kappa shape index (κ3) is 2.98. The van der Waals surface area contributed by atoms with Crippen molar-refractivity contribution in [2.45, 2.75) is 43.7 Å². The Bertz CT molecular complexity index is 698. The van der Waals surface area contributed by atoms with Crippen LogP contribution in [0.3, 0.4) is 0 Å². The summed E-state index contributed by atoms with van der Waals surface area (Å²) in [5.74, 6) is 0.338. The quantitative estimate of drug-likeness (QED) is 0.883. The van der Waals surface area contributed by atoms with Crippen molar-refractivity contribution in [1.82, 2.24) is 29.5 Å². The molecular weight excluding hydrogens is 316 g/mol. The topological polar surface area (TPSA) is 97.0 Å². The zero-order valence-corrected chi connectivity index (χ0v) is 13.4. The number of piperidine rings is 1. The second-order valence-corrected chi connectivity index (χ2v) is 7.17. The lowest BCUT2D eigenvalue weighted by atomic mass is 9.92. The Morgan fingerprint density at radius 1 is 1.48 bits per heavy atom. The Morgan fingerprint density at radius 3 is 3.09 bits per heavy atom. The lowest BCUT2D eigenvalue weighted by molar-refractivity contribution is -0.0386. The molecule has 23 heavy (non-hydrogen) atoms. The van der Waals surface area contributed by atoms with E-state index in [1.807, 2.05) is 0 Å². The first-order valence-electron chi connectivity index (χ1n) is 7.83. The maximum atomic E-state index is 12.8. The Hall–Kier alpha value is -1.87. The average Bonchev–Trinajstić information content (AvgIpc) is 3.05. The van der Waals surface area contributed by atoms with Gasteiger partial charge in [0.1, 0.15) is 10.5 Å². The van der Waals surface area contributed by atoms with Crippen molar-refractivity contribution < 1.29 is 9.90 Å². The van der Waals surface area contributed by atoms with Crippen LogP contribution in [0.15, 0.2) is 12.4 Å². The minimum Gasteiger partial charge on any atom is -0.386 e. The Labute approximate surface area is 137 Å². The fourth-order valence-electron chi connectivity index (χ4n) is 3.15. The molecule has 0 aromatic carbocycles. The van der Waals surface area contributed by atoms with E-state index in [0.717, 1.165) is 36.5 Å². The fraction of sp³-hybridized carbons (Fsp3) is 0.643. The second-order valence-electron chi connectivity index (χ2n) is 6.42. The van der Waals surface area contributed by atoms with Gasteiger partial charge in [-0.25, -0.2) is 4.68 Å². The molecule has 1 saturated carbocycles. The third-order valence-electron chi connectivity index (χ3n) is 4.44. The summed E-state index contributed by atoms with van der Waals surface area (Å²) < 4.78 is 5.56. The highest BCUT2D eigenvalue weighted by Gasteiger charge is 2.39. The van der Waals surface area contributed by atoms with Gasteiger partial charge in [0.25, 0.3) is 5.91 Å². The summed E-state index contributed by atoms with van der Waals surface area (Å²) >= 11 is 1.16. The Kier molecular flexibility index (Phi) is 3.61. The lowest BCUT2D eigenvalue weighted by Gasteiger charge is -2.38. The van der Waals surface area contributed by atoms with E-state index in [9.17, 15) is 9.90 Å².